The van der Waals surface area contributed by atoms with Gasteiger partial charge in [0.05, 0.1) is 19.3 Å². The number of carbonyl (C=O) groups excluding carboxylic acids is 1. The van der Waals surface area contributed by atoms with Crippen LogP contribution in [0.2, 0.25) is 0 Å². The van der Waals surface area contributed by atoms with Crippen LogP contribution in [0.15, 0.2) is 48.7 Å². The lowest BCUT2D eigenvalue weighted by molar-refractivity contribution is -0.0285. The molecule has 0 aliphatic carbocycles. The van der Waals surface area contributed by atoms with Gasteiger partial charge in [0.1, 0.15) is 5.69 Å². The quantitative estimate of drug-likeness (QED) is 0.783. The first-order valence-electron chi connectivity index (χ1n) is 9.25. The summed E-state index contributed by atoms with van der Waals surface area (Å²) in [7, 11) is 0. The highest BCUT2D eigenvalue weighted by Crippen LogP contribution is 2.20. The number of nitrogens with zero attached hydrogens (tertiary/aromatic N) is 2. The fourth-order valence-corrected chi connectivity index (χ4v) is 3.00. The first kappa shape index (κ1) is 19.1. The number of carbonyl (C=O) groups is 1. The molecule has 2 heterocycles. The molecular weight excluding hydrogens is 344 g/mol. The predicted molar refractivity (Wildman–Crippen MR) is 104 cm³/mol. The van der Waals surface area contributed by atoms with Gasteiger partial charge in [0.25, 0.3) is 0 Å². The molecule has 1 atom stereocenters. The average molecular weight is 370 g/mol. The molecule has 0 bridgehead atoms. The second kappa shape index (κ2) is 9.89. The Morgan fingerprint density at radius 2 is 2.15 bits per heavy atom. The van der Waals surface area contributed by atoms with Crippen LogP contribution in [0.3, 0.4) is 0 Å². The summed E-state index contributed by atoms with van der Waals surface area (Å²) in [4.78, 5) is 18.7. The second-order valence-corrected chi connectivity index (χ2v) is 6.34. The Labute approximate surface area is 159 Å². The van der Waals surface area contributed by atoms with Crippen molar-refractivity contribution in [3.63, 3.8) is 0 Å². The lowest BCUT2D eigenvalue weighted by Crippen LogP contribution is -2.47. The van der Waals surface area contributed by atoms with Crippen molar-refractivity contribution in [2.75, 3.05) is 38.2 Å². The number of aromatic nitrogens is 1. The summed E-state index contributed by atoms with van der Waals surface area (Å²) in [6, 6.07) is 13.6. The van der Waals surface area contributed by atoms with Crippen LogP contribution in [0.5, 0.6) is 5.88 Å². The zero-order valence-electron chi connectivity index (χ0n) is 15.6. The standard InChI is InChI=1S/C20H26N4O3/c1-2-26-19-18(9-6-10-21-19)23-20(25)22-13-17-15-24(11-12-27-17)14-16-7-4-3-5-8-16/h3-10,17H,2,11-15H2,1H3,(H2,22,23,25). The van der Waals surface area contributed by atoms with Crippen LogP contribution in [0.4, 0.5) is 10.5 Å². The second-order valence-electron chi connectivity index (χ2n) is 6.34. The number of amides is 2. The summed E-state index contributed by atoms with van der Waals surface area (Å²) in [6.07, 6.45) is 1.60. The van der Waals surface area contributed by atoms with Gasteiger partial charge in [-0.15, -0.1) is 0 Å². The Morgan fingerprint density at radius 3 is 2.96 bits per heavy atom. The molecule has 2 N–H and O–H groups in total. The van der Waals surface area contributed by atoms with Crippen molar-refractivity contribution in [3.05, 3.63) is 54.2 Å². The lowest BCUT2D eigenvalue weighted by atomic mass is 10.2. The minimum atomic E-state index is -0.298. The zero-order valence-corrected chi connectivity index (χ0v) is 15.6. The van der Waals surface area contributed by atoms with E-state index < -0.39 is 0 Å². The maximum Gasteiger partial charge on any atom is 0.319 e. The third-order valence-corrected chi connectivity index (χ3v) is 4.26. The number of urea groups is 1. The number of anilines is 1. The van der Waals surface area contributed by atoms with E-state index in [9.17, 15) is 4.79 Å². The summed E-state index contributed by atoms with van der Waals surface area (Å²) in [5.41, 5.74) is 1.83. The number of hydrogen-bond acceptors (Lipinski definition) is 5. The Kier molecular flexibility index (Phi) is 7.01. The lowest BCUT2D eigenvalue weighted by Gasteiger charge is -2.33. The number of ether oxygens (including phenoxy) is 2. The Bertz CT molecular complexity index is 726. The van der Waals surface area contributed by atoms with Crippen LogP contribution in [0.25, 0.3) is 0 Å². The zero-order chi connectivity index (χ0) is 18.9. The van der Waals surface area contributed by atoms with Crippen molar-refractivity contribution in [1.29, 1.82) is 0 Å². The first-order valence-corrected chi connectivity index (χ1v) is 9.25. The van der Waals surface area contributed by atoms with Gasteiger partial charge in [-0.05, 0) is 24.6 Å². The van der Waals surface area contributed by atoms with Gasteiger partial charge in [-0.2, -0.15) is 0 Å². The number of pyridine rings is 1. The molecule has 1 unspecified atom stereocenters. The average Bonchev–Trinajstić information content (AvgIpc) is 2.69. The molecule has 0 saturated carbocycles. The van der Waals surface area contributed by atoms with Crippen molar-refractivity contribution in [2.24, 2.45) is 0 Å². The van der Waals surface area contributed by atoms with Crippen LogP contribution < -0.4 is 15.4 Å². The maximum absolute atomic E-state index is 12.2. The number of hydrogen-bond donors (Lipinski definition) is 2. The van der Waals surface area contributed by atoms with Gasteiger partial charge >= 0.3 is 6.03 Å². The molecule has 7 heteroatoms. The fraction of sp³-hybridized carbons (Fsp3) is 0.400. The van der Waals surface area contributed by atoms with Gasteiger partial charge in [-0.3, -0.25) is 4.90 Å². The number of morpholine rings is 1. The van der Waals surface area contributed by atoms with Crippen LogP contribution in [0.1, 0.15) is 12.5 Å². The highest BCUT2D eigenvalue weighted by Gasteiger charge is 2.21. The van der Waals surface area contributed by atoms with Gasteiger partial charge in [0, 0.05) is 32.4 Å². The van der Waals surface area contributed by atoms with E-state index in [1.54, 1.807) is 18.3 Å². The molecule has 2 amide bonds. The van der Waals surface area contributed by atoms with E-state index in [2.05, 4.69) is 32.7 Å². The summed E-state index contributed by atoms with van der Waals surface area (Å²) in [6.45, 7) is 6.04. The van der Waals surface area contributed by atoms with Gasteiger partial charge in [0.15, 0.2) is 0 Å². The third-order valence-electron chi connectivity index (χ3n) is 4.26. The van der Waals surface area contributed by atoms with Crippen molar-refractivity contribution in [3.8, 4) is 5.88 Å². The molecule has 1 aliphatic rings. The van der Waals surface area contributed by atoms with Gasteiger partial charge in [-0.25, -0.2) is 9.78 Å². The summed E-state index contributed by atoms with van der Waals surface area (Å²) < 4.78 is 11.2. The normalized spacial score (nSPS) is 17.3. The first-order chi connectivity index (χ1) is 13.2. The smallest absolute Gasteiger partial charge is 0.319 e. The molecule has 1 aromatic heterocycles. The van der Waals surface area contributed by atoms with Crippen molar-refractivity contribution < 1.29 is 14.3 Å². The number of nitrogens with one attached hydrogen (secondary N) is 2. The van der Waals surface area contributed by atoms with E-state index in [0.29, 0.717) is 31.3 Å². The van der Waals surface area contributed by atoms with E-state index in [1.807, 2.05) is 25.1 Å². The topological polar surface area (TPSA) is 75.7 Å². The molecular formula is C20H26N4O3. The summed E-state index contributed by atoms with van der Waals surface area (Å²) in [5, 5.41) is 5.65. The maximum atomic E-state index is 12.2. The molecule has 144 valence electrons. The fourth-order valence-electron chi connectivity index (χ4n) is 3.00. The van der Waals surface area contributed by atoms with Crippen molar-refractivity contribution in [1.82, 2.24) is 15.2 Å². The van der Waals surface area contributed by atoms with Crippen LogP contribution in [-0.2, 0) is 11.3 Å². The highest BCUT2D eigenvalue weighted by atomic mass is 16.5. The molecule has 0 spiro atoms. The highest BCUT2D eigenvalue weighted by molar-refractivity contribution is 5.90. The SMILES string of the molecule is CCOc1ncccc1NC(=O)NCC1CN(Cc2ccccc2)CCO1. The van der Waals surface area contributed by atoms with Crippen molar-refractivity contribution in [2.45, 2.75) is 19.6 Å². The molecule has 1 fully saturated rings. The van der Waals surface area contributed by atoms with Gasteiger partial charge in [-0.1, -0.05) is 30.3 Å². The van der Waals surface area contributed by atoms with E-state index in [-0.39, 0.29) is 12.1 Å². The monoisotopic (exact) mass is 370 g/mol. The molecule has 2 aromatic rings. The summed E-state index contributed by atoms with van der Waals surface area (Å²) in [5.74, 6) is 0.415. The molecule has 1 aromatic carbocycles. The molecule has 27 heavy (non-hydrogen) atoms. The molecule has 3 rings (SSSR count). The van der Waals surface area contributed by atoms with Crippen molar-refractivity contribution >= 4 is 11.7 Å². The van der Waals surface area contributed by atoms with Gasteiger partial charge < -0.3 is 20.1 Å². The molecule has 1 saturated heterocycles. The molecule has 0 radical (unpaired) electrons. The molecule has 7 nitrogen and oxygen atoms in total. The van der Waals surface area contributed by atoms with Crippen LogP contribution in [0, 0.1) is 0 Å². The Morgan fingerprint density at radius 1 is 1.30 bits per heavy atom. The molecule has 1 aliphatic heterocycles. The number of benzene rings is 1. The largest absolute Gasteiger partial charge is 0.476 e. The minimum Gasteiger partial charge on any atom is -0.476 e. The van der Waals surface area contributed by atoms with E-state index in [1.165, 1.54) is 5.56 Å². The predicted octanol–water partition coefficient (Wildman–Crippen LogP) is 2.50. The Hall–Kier alpha value is -2.64. The van der Waals surface area contributed by atoms with Crippen LogP contribution >= 0.6 is 0 Å². The van der Waals surface area contributed by atoms with Gasteiger partial charge in [0.2, 0.25) is 5.88 Å². The minimum absolute atomic E-state index is 0.0338. The Balaban J connectivity index is 1.46. The third kappa shape index (κ3) is 5.94. The summed E-state index contributed by atoms with van der Waals surface area (Å²) >= 11 is 0. The van der Waals surface area contributed by atoms with E-state index >= 15 is 0 Å². The van der Waals surface area contributed by atoms with Crippen LogP contribution in [-0.4, -0.2) is 54.9 Å². The van der Waals surface area contributed by atoms with E-state index in [4.69, 9.17) is 9.47 Å². The number of rotatable bonds is 7. The van der Waals surface area contributed by atoms with E-state index in [0.717, 1.165) is 19.6 Å².